The molecule has 0 unspecified atom stereocenters. The van der Waals surface area contributed by atoms with Gasteiger partial charge in [0, 0.05) is 6.61 Å². The molecule has 5 heteroatoms. The van der Waals surface area contributed by atoms with Crippen molar-refractivity contribution >= 4 is 11.8 Å². The molecule has 4 aliphatic carbocycles. The van der Waals surface area contributed by atoms with Gasteiger partial charge in [-0.3, -0.25) is 0 Å². The van der Waals surface area contributed by atoms with Crippen LogP contribution in [-0.2, 0) is 12.0 Å². The van der Waals surface area contributed by atoms with E-state index in [0.29, 0.717) is 12.0 Å². The predicted molar refractivity (Wildman–Crippen MR) is 86.7 cm³/mol. The van der Waals surface area contributed by atoms with Crippen LogP contribution in [0.1, 0.15) is 57.2 Å². The van der Waals surface area contributed by atoms with E-state index in [1.165, 1.54) is 44.3 Å². The lowest BCUT2D eigenvalue weighted by molar-refractivity contribution is -0.744. The molecule has 0 aliphatic heterocycles. The molecule has 4 saturated carbocycles. The lowest BCUT2D eigenvalue weighted by Gasteiger charge is -2.55. The Bertz CT molecular complexity index is 507. The third-order valence-corrected chi connectivity index (χ3v) is 6.95. The van der Waals surface area contributed by atoms with Crippen LogP contribution in [0.4, 0.5) is 0 Å². The first-order valence-corrected chi connectivity index (χ1v) is 10.1. The van der Waals surface area contributed by atoms with Gasteiger partial charge in [0.2, 0.25) is 5.82 Å². The fraction of sp³-hybridized carbons (Fsp3) is 0.882. The van der Waals surface area contributed by atoms with Crippen LogP contribution in [-0.4, -0.2) is 28.2 Å². The number of aromatic nitrogens is 3. The Labute approximate surface area is 137 Å². The number of aliphatic hydroxyl groups excluding tert-OH is 1. The zero-order chi connectivity index (χ0) is 15.2. The van der Waals surface area contributed by atoms with Crippen LogP contribution in [0, 0.1) is 17.8 Å². The van der Waals surface area contributed by atoms with Crippen molar-refractivity contribution in [1.82, 2.24) is 10.2 Å². The molecular weight excluding hydrogens is 294 g/mol. The maximum atomic E-state index is 9.08. The minimum Gasteiger partial charge on any atom is -0.396 e. The Morgan fingerprint density at radius 1 is 1.18 bits per heavy atom. The number of H-pyrrole nitrogens is 1. The standard InChI is InChI=1S/C17H27N3OS/c1-22-16-19-18-15(20(16)4-2-3-5-21)17-9-12-6-13(10-17)8-14(7-12)11-17/h12-14,21H,2-11H2,1H3/p+1. The molecule has 4 fully saturated rings. The first-order valence-electron chi connectivity index (χ1n) is 8.87. The van der Waals surface area contributed by atoms with Crippen molar-refractivity contribution < 1.29 is 9.67 Å². The number of unbranched alkanes of at least 4 members (excludes halogenated alkanes) is 1. The van der Waals surface area contributed by atoms with E-state index in [2.05, 4.69) is 21.0 Å². The highest BCUT2D eigenvalue weighted by Crippen LogP contribution is 2.59. The number of hydrogen-bond donors (Lipinski definition) is 2. The van der Waals surface area contributed by atoms with Gasteiger partial charge in [-0.1, -0.05) is 11.8 Å². The van der Waals surface area contributed by atoms with E-state index in [0.717, 1.165) is 42.3 Å². The topological polar surface area (TPSA) is 52.8 Å². The second kappa shape index (κ2) is 5.82. The van der Waals surface area contributed by atoms with Crippen molar-refractivity contribution in [3.8, 4) is 0 Å². The monoisotopic (exact) mass is 322 g/mol. The van der Waals surface area contributed by atoms with Gasteiger partial charge in [-0.2, -0.15) is 0 Å². The summed E-state index contributed by atoms with van der Waals surface area (Å²) in [6, 6.07) is 0. The molecule has 22 heavy (non-hydrogen) atoms. The van der Waals surface area contributed by atoms with Crippen LogP contribution in [0.2, 0.25) is 0 Å². The highest BCUT2D eigenvalue weighted by atomic mass is 32.2. The number of rotatable bonds is 6. The summed E-state index contributed by atoms with van der Waals surface area (Å²) < 4.78 is 2.44. The molecule has 4 bridgehead atoms. The lowest BCUT2D eigenvalue weighted by atomic mass is 9.49. The van der Waals surface area contributed by atoms with Gasteiger partial charge in [0.25, 0.3) is 0 Å². The molecule has 1 heterocycles. The maximum Gasteiger partial charge on any atom is 0.336 e. The summed E-state index contributed by atoms with van der Waals surface area (Å²) in [6.07, 6.45) is 12.6. The molecule has 0 radical (unpaired) electrons. The van der Waals surface area contributed by atoms with Gasteiger partial charge in [-0.05, 0) is 75.4 Å². The summed E-state index contributed by atoms with van der Waals surface area (Å²) in [5.41, 5.74) is 0.370. The SMILES string of the molecule is CSc1n[nH]c(C23CC4CC(CC(C4)C2)C3)[n+]1CCCCO. The average molecular weight is 322 g/mol. The molecule has 0 saturated heterocycles. The molecule has 0 aromatic carbocycles. The summed E-state index contributed by atoms with van der Waals surface area (Å²) in [4.78, 5) is 0. The Balaban J connectivity index is 1.65. The second-order valence-electron chi connectivity index (χ2n) is 7.84. The quantitative estimate of drug-likeness (QED) is 0.481. The molecule has 122 valence electrons. The highest BCUT2D eigenvalue weighted by molar-refractivity contribution is 7.98. The number of aromatic amines is 1. The van der Waals surface area contributed by atoms with Crippen LogP contribution >= 0.6 is 11.8 Å². The van der Waals surface area contributed by atoms with Crippen molar-refractivity contribution in [3.63, 3.8) is 0 Å². The average Bonchev–Trinajstić information content (AvgIpc) is 2.90. The zero-order valence-electron chi connectivity index (χ0n) is 13.6. The third-order valence-electron chi connectivity index (χ3n) is 6.27. The van der Waals surface area contributed by atoms with Gasteiger partial charge >= 0.3 is 5.16 Å². The smallest absolute Gasteiger partial charge is 0.336 e. The maximum absolute atomic E-state index is 9.08. The second-order valence-corrected chi connectivity index (χ2v) is 8.61. The van der Waals surface area contributed by atoms with E-state index in [4.69, 9.17) is 5.11 Å². The van der Waals surface area contributed by atoms with Crippen molar-refractivity contribution in [2.45, 2.75) is 68.5 Å². The van der Waals surface area contributed by atoms with E-state index in [1.54, 1.807) is 11.8 Å². The molecule has 4 nitrogen and oxygen atoms in total. The van der Waals surface area contributed by atoms with Gasteiger partial charge in [-0.15, -0.1) is 5.10 Å². The van der Waals surface area contributed by atoms with Crippen molar-refractivity contribution in [2.24, 2.45) is 17.8 Å². The summed E-state index contributed by atoms with van der Waals surface area (Å²) in [7, 11) is 0. The van der Waals surface area contributed by atoms with Gasteiger partial charge < -0.3 is 5.11 Å². The van der Waals surface area contributed by atoms with Crippen LogP contribution in [0.5, 0.6) is 0 Å². The Kier molecular flexibility index (Phi) is 3.97. The van der Waals surface area contributed by atoms with Gasteiger partial charge in [0.05, 0.1) is 17.1 Å². The fourth-order valence-corrected chi connectivity index (χ4v) is 6.41. The van der Waals surface area contributed by atoms with E-state index in [9.17, 15) is 0 Å². The normalized spacial score (nSPS) is 36.2. The number of aliphatic hydroxyl groups is 1. The first-order chi connectivity index (χ1) is 10.7. The lowest BCUT2D eigenvalue weighted by Crippen LogP contribution is -2.54. The molecule has 1 aromatic rings. The van der Waals surface area contributed by atoms with Crippen LogP contribution in [0.15, 0.2) is 5.16 Å². The summed E-state index contributed by atoms with van der Waals surface area (Å²) in [6.45, 7) is 1.28. The van der Waals surface area contributed by atoms with Crippen LogP contribution in [0.25, 0.3) is 0 Å². The minimum absolute atomic E-state index is 0.291. The summed E-state index contributed by atoms with van der Waals surface area (Å²) in [5, 5.41) is 18.2. The third kappa shape index (κ3) is 2.41. The molecule has 5 rings (SSSR count). The fourth-order valence-electron chi connectivity index (χ4n) is 5.87. The van der Waals surface area contributed by atoms with E-state index >= 15 is 0 Å². The van der Waals surface area contributed by atoms with E-state index in [1.807, 2.05) is 0 Å². The molecule has 0 spiro atoms. The molecule has 0 amide bonds. The summed E-state index contributed by atoms with van der Waals surface area (Å²) >= 11 is 1.74. The van der Waals surface area contributed by atoms with Crippen molar-refractivity contribution in [1.29, 1.82) is 0 Å². The highest BCUT2D eigenvalue weighted by Gasteiger charge is 2.55. The predicted octanol–water partition coefficient (Wildman–Crippen LogP) is 2.66. The van der Waals surface area contributed by atoms with Gasteiger partial charge in [0.1, 0.15) is 0 Å². The molecule has 1 aromatic heterocycles. The largest absolute Gasteiger partial charge is 0.396 e. The molecular formula is C17H28N3OS+. The number of nitrogens with one attached hydrogen (secondary N) is 1. The zero-order valence-corrected chi connectivity index (χ0v) is 14.4. The minimum atomic E-state index is 0.291. The number of thioether (sulfide) groups is 1. The number of hydrogen-bond acceptors (Lipinski definition) is 3. The van der Waals surface area contributed by atoms with Crippen molar-refractivity contribution in [2.75, 3.05) is 12.9 Å². The molecule has 0 atom stereocenters. The Morgan fingerprint density at radius 3 is 2.36 bits per heavy atom. The molecule has 2 N–H and O–H groups in total. The number of nitrogens with zero attached hydrogens (tertiary/aromatic N) is 2. The Morgan fingerprint density at radius 2 is 1.82 bits per heavy atom. The van der Waals surface area contributed by atoms with Crippen LogP contribution in [0.3, 0.4) is 0 Å². The first kappa shape index (κ1) is 15.0. The van der Waals surface area contributed by atoms with Crippen LogP contribution < -0.4 is 4.57 Å². The van der Waals surface area contributed by atoms with E-state index in [-0.39, 0.29) is 0 Å². The van der Waals surface area contributed by atoms with Gasteiger partial charge in [-0.25, -0.2) is 4.57 Å². The Hall–Kier alpha value is -0.550. The summed E-state index contributed by atoms with van der Waals surface area (Å²) in [5.74, 6) is 4.27. The van der Waals surface area contributed by atoms with E-state index < -0.39 is 0 Å². The van der Waals surface area contributed by atoms with Gasteiger partial charge in [0.15, 0.2) is 0 Å². The van der Waals surface area contributed by atoms with Crippen molar-refractivity contribution in [3.05, 3.63) is 5.82 Å². The molecule has 4 aliphatic rings.